The lowest BCUT2D eigenvalue weighted by Crippen LogP contribution is -2.29. The molecule has 0 aliphatic carbocycles. The van der Waals surface area contributed by atoms with Crippen molar-refractivity contribution in [1.82, 2.24) is 15.0 Å². The van der Waals surface area contributed by atoms with Crippen molar-refractivity contribution in [3.63, 3.8) is 0 Å². The lowest BCUT2D eigenvalue weighted by molar-refractivity contribution is 0.168. The maximum Gasteiger partial charge on any atom is 0.323 e. The first kappa shape index (κ1) is 17.4. The highest BCUT2D eigenvalue weighted by atomic mass is 31.0. The third-order valence-corrected chi connectivity index (χ3v) is 4.58. The zero-order valence-corrected chi connectivity index (χ0v) is 15.2. The Labute approximate surface area is 139 Å². The predicted molar refractivity (Wildman–Crippen MR) is 97.5 cm³/mol. The van der Waals surface area contributed by atoms with Crippen LogP contribution < -0.4 is 15.4 Å². The maximum absolute atomic E-state index is 5.80. The van der Waals surface area contributed by atoms with Crippen LogP contribution in [0.15, 0.2) is 30.3 Å². The minimum atomic E-state index is 0.00409. The molecule has 0 aliphatic rings. The first-order valence-corrected chi connectivity index (χ1v) is 8.21. The van der Waals surface area contributed by atoms with Crippen molar-refractivity contribution in [3.8, 4) is 6.01 Å². The van der Waals surface area contributed by atoms with Gasteiger partial charge in [0, 0.05) is 18.2 Å². The largest absolute Gasteiger partial charge is 0.463 e. The Bertz CT molecular complexity index is 634. The van der Waals surface area contributed by atoms with Gasteiger partial charge in [0.05, 0.1) is 6.61 Å². The maximum atomic E-state index is 5.80. The van der Waals surface area contributed by atoms with Crippen molar-refractivity contribution in [3.05, 3.63) is 30.3 Å². The van der Waals surface area contributed by atoms with Crippen LogP contribution in [0.4, 0.5) is 17.6 Å². The quantitative estimate of drug-likeness (QED) is 0.757. The van der Waals surface area contributed by atoms with Gasteiger partial charge in [-0.25, -0.2) is 0 Å². The molecule has 0 spiro atoms. The van der Waals surface area contributed by atoms with Crippen LogP contribution in [0.5, 0.6) is 6.01 Å². The molecule has 124 valence electrons. The van der Waals surface area contributed by atoms with E-state index in [1.807, 2.05) is 30.3 Å². The van der Waals surface area contributed by atoms with Crippen LogP contribution in [-0.4, -0.2) is 34.3 Å². The smallest absolute Gasteiger partial charge is 0.323 e. The summed E-state index contributed by atoms with van der Waals surface area (Å²) in [6, 6.07) is 10.1. The highest BCUT2D eigenvalue weighted by Gasteiger charge is 2.24. The van der Waals surface area contributed by atoms with Crippen LogP contribution >= 0.6 is 9.24 Å². The first-order chi connectivity index (χ1) is 10.9. The minimum absolute atomic E-state index is 0.00409. The molecule has 2 atom stereocenters. The molecule has 2 aromatic rings. The number of nitrogens with one attached hydrogen (secondary N) is 2. The van der Waals surface area contributed by atoms with E-state index in [-0.39, 0.29) is 5.41 Å². The summed E-state index contributed by atoms with van der Waals surface area (Å²) in [6.45, 7) is 6.96. The topological polar surface area (TPSA) is 72.0 Å². The first-order valence-electron chi connectivity index (χ1n) is 7.55. The SMILES string of the molecule is CNc1nc(Nc2ccccc2)nc(OCC(C)(C)C(C)P)n1. The van der Waals surface area contributed by atoms with Gasteiger partial charge in [-0.1, -0.05) is 39.0 Å². The fourth-order valence-electron chi connectivity index (χ4n) is 1.62. The molecule has 1 heterocycles. The summed E-state index contributed by atoms with van der Waals surface area (Å²) in [7, 11) is 4.57. The van der Waals surface area contributed by atoms with E-state index in [9.17, 15) is 0 Å². The molecule has 0 radical (unpaired) electrons. The fraction of sp³-hybridized carbons (Fsp3) is 0.438. The standard InChI is InChI=1S/C16H24N5OP/c1-11(23)16(2,3)10-22-15-20-13(17-4)19-14(21-15)18-12-8-6-5-7-9-12/h5-9,11H,10,23H2,1-4H3,(H2,17,18,19,20,21). The second-order valence-corrected chi connectivity index (χ2v) is 7.07. The summed E-state index contributed by atoms with van der Waals surface area (Å²) < 4.78 is 5.80. The van der Waals surface area contributed by atoms with Gasteiger partial charge in [0.15, 0.2) is 0 Å². The number of aromatic nitrogens is 3. The van der Waals surface area contributed by atoms with Gasteiger partial charge < -0.3 is 15.4 Å². The summed E-state index contributed by atoms with van der Waals surface area (Å²) in [5.74, 6) is 0.910. The van der Waals surface area contributed by atoms with Crippen molar-refractivity contribution in [2.75, 3.05) is 24.3 Å². The number of benzene rings is 1. The van der Waals surface area contributed by atoms with E-state index in [4.69, 9.17) is 4.74 Å². The molecule has 2 unspecified atom stereocenters. The number of rotatable bonds is 7. The molecule has 0 aliphatic heterocycles. The molecule has 2 rings (SSSR count). The molecule has 1 aromatic heterocycles. The molecule has 0 amide bonds. The average molecular weight is 333 g/mol. The van der Waals surface area contributed by atoms with Crippen LogP contribution in [0.1, 0.15) is 20.8 Å². The number of ether oxygens (including phenoxy) is 1. The Morgan fingerprint density at radius 2 is 1.78 bits per heavy atom. The minimum Gasteiger partial charge on any atom is -0.463 e. The third-order valence-electron chi connectivity index (χ3n) is 3.67. The average Bonchev–Trinajstić information content (AvgIpc) is 2.53. The molecule has 6 nitrogen and oxygen atoms in total. The molecule has 0 bridgehead atoms. The summed E-state index contributed by atoms with van der Waals surface area (Å²) in [4.78, 5) is 12.9. The van der Waals surface area contributed by atoms with Crippen molar-refractivity contribution in [2.24, 2.45) is 5.41 Å². The molecular formula is C16H24N5OP. The lowest BCUT2D eigenvalue weighted by atomic mass is 9.91. The monoisotopic (exact) mass is 333 g/mol. The van der Waals surface area contributed by atoms with Gasteiger partial charge in [-0.3, -0.25) is 0 Å². The number of para-hydroxylation sites is 1. The highest BCUT2D eigenvalue weighted by molar-refractivity contribution is 7.17. The molecule has 0 saturated heterocycles. The number of anilines is 3. The highest BCUT2D eigenvalue weighted by Crippen LogP contribution is 2.27. The Morgan fingerprint density at radius 1 is 1.13 bits per heavy atom. The van der Waals surface area contributed by atoms with Gasteiger partial charge in [-0.15, -0.1) is 9.24 Å². The Balaban J connectivity index is 2.15. The van der Waals surface area contributed by atoms with Gasteiger partial charge in [0.1, 0.15) is 0 Å². The Kier molecular flexibility index (Phi) is 5.72. The lowest BCUT2D eigenvalue weighted by Gasteiger charge is -2.28. The van der Waals surface area contributed by atoms with Gasteiger partial charge in [0.25, 0.3) is 0 Å². The zero-order chi connectivity index (χ0) is 16.9. The fourth-order valence-corrected chi connectivity index (χ4v) is 1.72. The van der Waals surface area contributed by atoms with Crippen LogP contribution in [0.3, 0.4) is 0 Å². The van der Waals surface area contributed by atoms with E-state index in [1.165, 1.54) is 0 Å². The van der Waals surface area contributed by atoms with Crippen molar-refractivity contribution in [2.45, 2.75) is 26.4 Å². The molecule has 1 aromatic carbocycles. The van der Waals surface area contributed by atoms with E-state index in [0.29, 0.717) is 30.2 Å². The normalized spacial score (nSPS) is 12.6. The van der Waals surface area contributed by atoms with Crippen LogP contribution in [-0.2, 0) is 0 Å². The van der Waals surface area contributed by atoms with Crippen molar-refractivity contribution in [1.29, 1.82) is 0 Å². The predicted octanol–water partition coefficient (Wildman–Crippen LogP) is 3.33. The van der Waals surface area contributed by atoms with E-state index >= 15 is 0 Å². The molecule has 7 heteroatoms. The molecule has 23 heavy (non-hydrogen) atoms. The van der Waals surface area contributed by atoms with Gasteiger partial charge in [-0.2, -0.15) is 15.0 Å². The Morgan fingerprint density at radius 3 is 2.39 bits per heavy atom. The second-order valence-electron chi connectivity index (χ2n) is 6.07. The van der Waals surface area contributed by atoms with Gasteiger partial charge >= 0.3 is 6.01 Å². The Hall–Kier alpha value is -1.94. The van der Waals surface area contributed by atoms with Gasteiger partial charge in [0.2, 0.25) is 11.9 Å². The van der Waals surface area contributed by atoms with Gasteiger partial charge in [-0.05, 0) is 17.8 Å². The van der Waals surface area contributed by atoms with E-state index < -0.39 is 0 Å². The van der Waals surface area contributed by atoms with E-state index in [1.54, 1.807) is 7.05 Å². The van der Waals surface area contributed by atoms with Crippen molar-refractivity contribution >= 4 is 26.8 Å². The number of hydrogen-bond acceptors (Lipinski definition) is 6. The number of hydrogen-bond donors (Lipinski definition) is 2. The zero-order valence-electron chi connectivity index (χ0n) is 14.0. The van der Waals surface area contributed by atoms with E-state index in [2.05, 4.69) is 55.6 Å². The molecular weight excluding hydrogens is 309 g/mol. The van der Waals surface area contributed by atoms with Crippen LogP contribution in [0.25, 0.3) is 0 Å². The summed E-state index contributed by atoms with van der Waals surface area (Å²) in [5.41, 5.74) is 1.32. The van der Waals surface area contributed by atoms with Crippen LogP contribution in [0, 0.1) is 5.41 Å². The summed E-state index contributed by atoms with van der Waals surface area (Å²) >= 11 is 0. The number of nitrogens with zero attached hydrogens (tertiary/aromatic N) is 3. The molecule has 2 N–H and O–H groups in total. The molecule has 0 saturated carbocycles. The molecule has 0 fully saturated rings. The van der Waals surface area contributed by atoms with Crippen molar-refractivity contribution < 1.29 is 4.74 Å². The summed E-state index contributed by atoms with van der Waals surface area (Å²) in [6.07, 6.45) is 0. The van der Waals surface area contributed by atoms with Crippen LogP contribution in [0.2, 0.25) is 0 Å². The second kappa shape index (κ2) is 7.55. The summed E-state index contributed by atoms with van der Waals surface area (Å²) in [5, 5.41) is 6.08. The third kappa shape index (κ3) is 5.03. The van der Waals surface area contributed by atoms with E-state index in [0.717, 1.165) is 5.69 Å².